The second-order valence-corrected chi connectivity index (χ2v) is 16.3. The molecule has 2 aromatic carbocycles. The molecule has 10 heteroatoms. The van der Waals surface area contributed by atoms with Crippen molar-refractivity contribution in [3.05, 3.63) is 77.1 Å². The van der Waals surface area contributed by atoms with Crippen LogP contribution in [-0.2, 0) is 41.4 Å². The molecule has 2 aromatic rings. The van der Waals surface area contributed by atoms with Crippen LogP contribution in [0.25, 0.3) is 11.1 Å². The van der Waals surface area contributed by atoms with Gasteiger partial charge in [-0.3, -0.25) is 4.79 Å². The molecule has 0 radical (unpaired) electrons. The van der Waals surface area contributed by atoms with Gasteiger partial charge < -0.3 is 29.2 Å². The van der Waals surface area contributed by atoms with E-state index in [9.17, 15) is 24.6 Å². The van der Waals surface area contributed by atoms with Crippen LogP contribution in [-0.4, -0.2) is 67.8 Å². The Bertz CT molecular complexity index is 1580. The largest absolute Gasteiger partial charge is 0.493 e. The summed E-state index contributed by atoms with van der Waals surface area (Å²) in [6, 6.07) is 9.40. The van der Waals surface area contributed by atoms with Gasteiger partial charge in [0.25, 0.3) is 0 Å². The third-order valence-electron chi connectivity index (χ3n) is 10.9. The molecular weight excluding hydrogens is 728 g/mol. The molecule has 2 N–H and O–H groups in total. The molecule has 57 heavy (non-hydrogen) atoms. The number of carbonyl (C=O) groups is 3. The van der Waals surface area contributed by atoms with Crippen molar-refractivity contribution in [2.75, 3.05) is 39.6 Å². The highest BCUT2D eigenvalue weighted by molar-refractivity contribution is 5.87. The predicted octanol–water partition coefficient (Wildman–Crippen LogP) is 9.39. The Kier molecular flexibility index (Phi) is 20.0. The minimum absolute atomic E-state index is 0.0238. The summed E-state index contributed by atoms with van der Waals surface area (Å²) in [5.74, 6) is -0.846. The molecule has 0 unspecified atom stereocenters. The van der Waals surface area contributed by atoms with E-state index in [2.05, 4.69) is 26.1 Å². The Morgan fingerprint density at radius 2 is 1.39 bits per heavy atom. The smallest absolute Gasteiger partial charge is 0.333 e. The number of esters is 3. The van der Waals surface area contributed by atoms with Crippen LogP contribution in [0.3, 0.4) is 0 Å². The number of rotatable bonds is 25. The van der Waals surface area contributed by atoms with Crippen LogP contribution in [0, 0.1) is 23.1 Å². The average molecular weight is 795 g/mol. The molecule has 0 aliphatic heterocycles. The van der Waals surface area contributed by atoms with Gasteiger partial charge in [-0.15, -0.1) is 0 Å². The van der Waals surface area contributed by atoms with E-state index < -0.39 is 29.2 Å². The minimum Gasteiger partial charge on any atom is -0.493 e. The van der Waals surface area contributed by atoms with Crippen LogP contribution in [0.1, 0.15) is 128 Å². The minimum atomic E-state index is -1.20. The first-order chi connectivity index (χ1) is 27.2. The van der Waals surface area contributed by atoms with E-state index in [0.29, 0.717) is 48.5 Å². The zero-order valence-corrected chi connectivity index (χ0v) is 35.1. The van der Waals surface area contributed by atoms with Gasteiger partial charge in [0, 0.05) is 29.9 Å². The number of benzene rings is 2. The van der Waals surface area contributed by atoms with Crippen molar-refractivity contribution in [3.8, 4) is 16.9 Å². The van der Waals surface area contributed by atoms with Gasteiger partial charge in [0.2, 0.25) is 0 Å². The Hall–Kier alpha value is -4.02. The van der Waals surface area contributed by atoms with E-state index in [1.165, 1.54) is 52.4 Å². The van der Waals surface area contributed by atoms with Gasteiger partial charge in [0.05, 0.1) is 17.9 Å². The third kappa shape index (κ3) is 15.0. The van der Waals surface area contributed by atoms with E-state index in [0.717, 1.165) is 35.4 Å². The maximum absolute atomic E-state index is 16.1. The van der Waals surface area contributed by atoms with E-state index in [4.69, 9.17) is 18.9 Å². The Morgan fingerprint density at radius 3 is 1.88 bits per heavy atom. The molecule has 0 spiro atoms. The lowest BCUT2D eigenvalue weighted by atomic mass is 9.77. The molecule has 1 aliphatic carbocycles. The fourth-order valence-corrected chi connectivity index (χ4v) is 7.28. The molecule has 1 saturated carbocycles. The van der Waals surface area contributed by atoms with Gasteiger partial charge in [0.15, 0.2) is 0 Å². The van der Waals surface area contributed by atoms with Gasteiger partial charge in [0.1, 0.15) is 31.4 Å². The number of unbranched alkanes of at least 4 members (excludes halogenated alkanes) is 2. The lowest BCUT2D eigenvalue weighted by Gasteiger charge is -2.32. The molecule has 0 saturated heterocycles. The summed E-state index contributed by atoms with van der Waals surface area (Å²) in [6.07, 6.45) is 11.5. The number of aryl methyl sites for hydroxylation is 2. The van der Waals surface area contributed by atoms with Gasteiger partial charge in [-0.25, -0.2) is 14.0 Å². The zero-order valence-electron chi connectivity index (χ0n) is 35.1. The summed E-state index contributed by atoms with van der Waals surface area (Å²) in [5, 5.41) is 19.6. The van der Waals surface area contributed by atoms with Crippen LogP contribution in [0.5, 0.6) is 5.75 Å². The standard InChI is InChI=1S/C47H67FO9/c1-8-9-10-13-35-16-18-36(19-17-35)37-20-21-41(42(48)28-37)40-26-38(14-11-23-49)43(39(27-40)15-12-24-50)54-25-22-47(29-55-44(51)32(2)3,30-56-45(52)33(4)5)31-57-46(53)34(6)7/h20-21,26-28,34-36,49-50H,2,4,8-19,22-25,29-31H2,1,3,5-7H3. The first-order valence-electron chi connectivity index (χ1n) is 20.9. The number of carbonyl (C=O) groups excluding carboxylic acids is 3. The highest BCUT2D eigenvalue weighted by atomic mass is 19.1. The lowest BCUT2D eigenvalue weighted by Crippen LogP contribution is -2.41. The van der Waals surface area contributed by atoms with Crippen molar-refractivity contribution < 1.29 is 47.9 Å². The van der Waals surface area contributed by atoms with Crippen molar-refractivity contribution in [2.45, 2.75) is 124 Å². The molecule has 316 valence electrons. The highest BCUT2D eigenvalue weighted by Gasteiger charge is 2.37. The summed E-state index contributed by atoms with van der Waals surface area (Å²) in [7, 11) is 0. The predicted molar refractivity (Wildman–Crippen MR) is 221 cm³/mol. The number of hydrogen-bond donors (Lipinski definition) is 2. The first kappa shape index (κ1) is 47.4. The van der Waals surface area contributed by atoms with Crippen LogP contribution in [0.15, 0.2) is 54.6 Å². The fraction of sp³-hybridized carbons (Fsp3) is 0.596. The Morgan fingerprint density at radius 1 is 0.825 bits per heavy atom. The molecule has 0 heterocycles. The third-order valence-corrected chi connectivity index (χ3v) is 10.9. The Labute approximate surface area is 340 Å². The summed E-state index contributed by atoms with van der Waals surface area (Å²) in [6.45, 7) is 15.1. The van der Waals surface area contributed by atoms with Gasteiger partial charge >= 0.3 is 17.9 Å². The number of aliphatic hydroxyl groups is 2. The maximum Gasteiger partial charge on any atom is 0.333 e. The average Bonchev–Trinajstić information content (AvgIpc) is 3.19. The van der Waals surface area contributed by atoms with Crippen molar-refractivity contribution in [1.29, 1.82) is 0 Å². The summed E-state index contributed by atoms with van der Waals surface area (Å²) < 4.78 is 39.4. The van der Waals surface area contributed by atoms with E-state index in [1.807, 2.05) is 18.2 Å². The van der Waals surface area contributed by atoms with Crippen LogP contribution < -0.4 is 4.74 Å². The molecule has 0 aromatic heterocycles. The summed E-state index contributed by atoms with van der Waals surface area (Å²) in [5.41, 5.74) is 2.86. The van der Waals surface area contributed by atoms with Crippen molar-refractivity contribution in [2.24, 2.45) is 17.3 Å². The summed E-state index contributed by atoms with van der Waals surface area (Å²) >= 11 is 0. The van der Waals surface area contributed by atoms with Crippen LogP contribution >= 0.6 is 0 Å². The quantitative estimate of drug-likeness (QED) is 0.0437. The molecular formula is C47H67FO9. The topological polar surface area (TPSA) is 129 Å². The van der Waals surface area contributed by atoms with E-state index in [1.54, 1.807) is 19.9 Å². The van der Waals surface area contributed by atoms with Crippen LogP contribution in [0.2, 0.25) is 0 Å². The van der Waals surface area contributed by atoms with Gasteiger partial charge in [-0.05, 0) is 124 Å². The SMILES string of the molecule is C=C(C)C(=O)OCC(CCOc1c(CCCO)cc(-c2ccc(C3CCC(CCCCC)CC3)cc2F)cc1CCCO)(COC(=O)C(=C)C)COC(=O)C(C)C. The molecule has 0 amide bonds. The maximum atomic E-state index is 16.1. The zero-order chi connectivity index (χ0) is 42.0. The van der Waals surface area contributed by atoms with E-state index in [-0.39, 0.29) is 63.0 Å². The number of halogens is 1. The Balaban J connectivity index is 1.95. The second kappa shape index (κ2) is 24.0. The highest BCUT2D eigenvalue weighted by Crippen LogP contribution is 2.40. The number of ether oxygens (including phenoxy) is 4. The molecule has 3 rings (SSSR count). The molecule has 0 atom stereocenters. The fourth-order valence-electron chi connectivity index (χ4n) is 7.28. The second-order valence-electron chi connectivity index (χ2n) is 16.3. The molecule has 9 nitrogen and oxygen atoms in total. The van der Waals surface area contributed by atoms with E-state index >= 15 is 4.39 Å². The van der Waals surface area contributed by atoms with Crippen molar-refractivity contribution in [3.63, 3.8) is 0 Å². The van der Waals surface area contributed by atoms with Gasteiger partial charge in [-0.1, -0.05) is 71.7 Å². The molecule has 1 fully saturated rings. The lowest BCUT2D eigenvalue weighted by molar-refractivity contribution is -0.162. The number of aliphatic hydroxyl groups excluding tert-OH is 2. The molecule has 0 bridgehead atoms. The van der Waals surface area contributed by atoms with Crippen molar-refractivity contribution in [1.82, 2.24) is 0 Å². The van der Waals surface area contributed by atoms with Crippen molar-refractivity contribution >= 4 is 17.9 Å². The summed E-state index contributed by atoms with van der Waals surface area (Å²) in [4.78, 5) is 37.7. The number of hydrogen-bond acceptors (Lipinski definition) is 9. The normalized spacial score (nSPS) is 15.6. The monoisotopic (exact) mass is 794 g/mol. The van der Waals surface area contributed by atoms with Gasteiger partial charge in [-0.2, -0.15) is 0 Å². The molecule has 1 aliphatic rings. The first-order valence-corrected chi connectivity index (χ1v) is 20.9. The van der Waals surface area contributed by atoms with Crippen LogP contribution in [0.4, 0.5) is 4.39 Å².